The van der Waals surface area contributed by atoms with Crippen LogP contribution in [0, 0.1) is 5.92 Å². The molecule has 0 saturated carbocycles. The number of hydrogen-bond donors (Lipinski definition) is 2. The standard InChI is InChI=1S/C6H12O3/c1-4-5(2-7)6(3-8)9-4/h4-8H,2-3H2,1H3. The van der Waals surface area contributed by atoms with Crippen LogP contribution in [0.3, 0.4) is 0 Å². The molecule has 9 heavy (non-hydrogen) atoms. The third kappa shape index (κ3) is 1.08. The maximum Gasteiger partial charge on any atom is 0.0884 e. The highest BCUT2D eigenvalue weighted by atomic mass is 16.5. The number of ether oxygens (including phenoxy) is 1. The van der Waals surface area contributed by atoms with Crippen LogP contribution in [0.2, 0.25) is 0 Å². The molecular formula is C6H12O3. The predicted octanol–water partition coefficient (Wildman–Crippen LogP) is -0.626. The summed E-state index contributed by atoms with van der Waals surface area (Å²) in [6, 6.07) is 0. The van der Waals surface area contributed by atoms with Crippen LogP contribution in [-0.2, 0) is 4.74 Å². The van der Waals surface area contributed by atoms with Gasteiger partial charge in [-0.1, -0.05) is 0 Å². The first-order chi connectivity index (χ1) is 4.29. The molecule has 1 fully saturated rings. The van der Waals surface area contributed by atoms with E-state index in [2.05, 4.69) is 0 Å². The Hall–Kier alpha value is -0.120. The van der Waals surface area contributed by atoms with Crippen molar-refractivity contribution in [2.45, 2.75) is 19.1 Å². The van der Waals surface area contributed by atoms with Crippen molar-refractivity contribution in [3.05, 3.63) is 0 Å². The lowest BCUT2D eigenvalue weighted by Crippen LogP contribution is -2.50. The summed E-state index contributed by atoms with van der Waals surface area (Å²) in [4.78, 5) is 0. The lowest BCUT2D eigenvalue weighted by Gasteiger charge is -2.41. The first-order valence-electron chi connectivity index (χ1n) is 3.16. The van der Waals surface area contributed by atoms with E-state index in [0.29, 0.717) is 0 Å². The topological polar surface area (TPSA) is 49.7 Å². The van der Waals surface area contributed by atoms with Crippen LogP contribution >= 0.6 is 0 Å². The fourth-order valence-electron chi connectivity index (χ4n) is 1.13. The van der Waals surface area contributed by atoms with Crippen molar-refractivity contribution in [3.63, 3.8) is 0 Å². The zero-order valence-electron chi connectivity index (χ0n) is 5.45. The molecule has 1 saturated heterocycles. The minimum Gasteiger partial charge on any atom is -0.396 e. The van der Waals surface area contributed by atoms with E-state index in [1.807, 2.05) is 6.92 Å². The molecule has 0 aromatic heterocycles. The van der Waals surface area contributed by atoms with E-state index in [-0.39, 0.29) is 31.3 Å². The molecule has 1 heterocycles. The predicted molar refractivity (Wildman–Crippen MR) is 32.0 cm³/mol. The van der Waals surface area contributed by atoms with Crippen molar-refractivity contribution in [1.29, 1.82) is 0 Å². The summed E-state index contributed by atoms with van der Waals surface area (Å²) in [5.74, 6) is 0.148. The van der Waals surface area contributed by atoms with Gasteiger partial charge in [-0.25, -0.2) is 0 Å². The lowest BCUT2D eigenvalue weighted by atomic mass is 9.92. The Morgan fingerprint density at radius 2 is 2.00 bits per heavy atom. The molecule has 0 bridgehead atoms. The van der Waals surface area contributed by atoms with Gasteiger partial charge in [-0.05, 0) is 6.92 Å². The van der Waals surface area contributed by atoms with Gasteiger partial charge in [0, 0.05) is 5.92 Å². The van der Waals surface area contributed by atoms with Gasteiger partial charge in [-0.2, -0.15) is 0 Å². The van der Waals surface area contributed by atoms with Crippen molar-refractivity contribution in [1.82, 2.24) is 0 Å². The minimum absolute atomic E-state index is 0.0234. The summed E-state index contributed by atoms with van der Waals surface area (Å²) < 4.78 is 5.08. The molecule has 0 radical (unpaired) electrons. The van der Waals surface area contributed by atoms with Crippen molar-refractivity contribution >= 4 is 0 Å². The molecule has 3 unspecified atom stereocenters. The van der Waals surface area contributed by atoms with Crippen LogP contribution in [-0.4, -0.2) is 35.6 Å². The molecule has 54 valence electrons. The highest BCUT2D eigenvalue weighted by molar-refractivity contribution is 4.84. The van der Waals surface area contributed by atoms with Crippen LogP contribution < -0.4 is 0 Å². The zero-order chi connectivity index (χ0) is 6.85. The van der Waals surface area contributed by atoms with E-state index >= 15 is 0 Å². The molecular weight excluding hydrogens is 120 g/mol. The number of rotatable bonds is 2. The highest BCUT2D eigenvalue weighted by Crippen LogP contribution is 2.26. The second-order valence-electron chi connectivity index (χ2n) is 2.41. The van der Waals surface area contributed by atoms with E-state index in [9.17, 15) is 0 Å². The Labute approximate surface area is 54.3 Å². The van der Waals surface area contributed by atoms with Crippen LogP contribution in [0.1, 0.15) is 6.92 Å². The highest BCUT2D eigenvalue weighted by Gasteiger charge is 2.37. The van der Waals surface area contributed by atoms with E-state index in [4.69, 9.17) is 14.9 Å². The summed E-state index contributed by atoms with van der Waals surface area (Å²) in [6.07, 6.45) is -0.00264. The maximum absolute atomic E-state index is 8.67. The Morgan fingerprint density at radius 1 is 1.33 bits per heavy atom. The van der Waals surface area contributed by atoms with Gasteiger partial charge >= 0.3 is 0 Å². The summed E-state index contributed by atoms with van der Waals surface area (Å²) in [5.41, 5.74) is 0. The second kappa shape index (κ2) is 2.64. The van der Waals surface area contributed by atoms with Crippen molar-refractivity contribution < 1.29 is 14.9 Å². The minimum atomic E-state index is -0.120. The Bertz CT molecular complexity index is 94.3. The van der Waals surface area contributed by atoms with E-state index < -0.39 is 0 Å². The van der Waals surface area contributed by atoms with Gasteiger partial charge in [-0.3, -0.25) is 0 Å². The second-order valence-corrected chi connectivity index (χ2v) is 2.41. The first kappa shape index (κ1) is 6.99. The third-order valence-electron chi connectivity index (χ3n) is 1.86. The van der Waals surface area contributed by atoms with Gasteiger partial charge in [0.25, 0.3) is 0 Å². The van der Waals surface area contributed by atoms with Gasteiger partial charge in [0.2, 0.25) is 0 Å². The zero-order valence-corrected chi connectivity index (χ0v) is 5.45. The summed E-state index contributed by atoms with van der Waals surface area (Å²) in [5, 5.41) is 17.2. The lowest BCUT2D eigenvalue weighted by molar-refractivity contribution is -0.200. The average molecular weight is 132 g/mol. The number of aliphatic hydroxyl groups excluding tert-OH is 2. The van der Waals surface area contributed by atoms with Crippen molar-refractivity contribution in [3.8, 4) is 0 Å². The SMILES string of the molecule is CC1OC(CO)C1CO. The smallest absolute Gasteiger partial charge is 0.0884 e. The van der Waals surface area contributed by atoms with Gasteiger partial charge in [0.1, 0.15) is 0 Å². The molecule has 0 aromatic carbocycles. The van der Waals surface area contributed by atoms with Gasteiger partial charge in [0.15, 0.2) is 0 Å². The van der Waals surface area contributed by atoms with Crippen LogP contribution in [0.25, 0.3) is 0 Å². The van der Waals surface area contributed by atoms with E-state index in [0.717, 1.165) is 0 Å². The quantitative estimate of drug-likeness (QED) is 0.526. The molecule has 0 spiro atoms. The molecule has 1 aliphatic heterocycles. The Balaban J connectivity index is 2.29. The molecule has 0 aliphatic carbocycles. The van der Waals surface area contributed by atoms with Gasteiger partial charge < -0.3 is 14.9 Å². The van der Waals surface area contributed by atoms with Crippen LogP contribution in [0.15, 0.2) is 0 Å². The molecule has 1 rings (SSSR count). The first-order valence-corrected chi connectivity index (χ1v) is 3.16. The van der Waals surface area contributed by atoms with E-state index in [1.165, 1.54) is 0 Å². The van der Waals surface area contributed by atoms with E-state index in [1.54, 1.807) is 0 Å². The average Bonchev–Trinajstić information content (AvgIpc) is 1.83. The Kier molecular flexibility index (Phi) is 2.05. The molecule has 3 heteroatoms. The molecule has 0 amide bonds. The fourth-order valence-corrected chi connectivity index (χ4v) is 1.13. The Morgan fingerprint density at radius 3 is 2.22 bits per heavy atom. The summed E-state index contributed by atoms with van der Waals surface area (Å²) in [6.45, 7) is 2.04. The van der Waals surface area contributed by atoms with Gasteiger partial charge in [0.05, 0.1) is 25.4 Å². The number of hydrogen-bond acceptors (Lipinski definition) is 3. The largest absolute Gasteiger partial charge is 0.396 e. The third-order valence-corrected chi connectivity index (χ3v) is 1.86. The molecule has 3 atom stereocenters. The summed E-state index contributed by atoms with van der Waals surface area (Å²) >= 11 is 0. The fraction of sp³-hybridized carbons (Fsp3) is 1.00. The molecule has 3 nitrogen and oxygen atoms in total. The van der Waals surface area contributed by atoms with Crippen LogP contribution in [0.4, 0.5) is 0 Å². The van der Waals surface area contributed by atoms with Crippen LogP contribution in [0.5, 0.6) is 0 Å². The molecule has 1 aliphatic rings. The normalized spacial score (nSPS) is 42.3. The van der Waals surface area contributed by atoms with Crippen molar-refractivity contribution in [2.24, 2.45) is 5.92 Å². The number of aliphatic hydroxyl groups is 2. The molecule has 2 N–H and O–H groups in total. The maximum atomic E-state index is 8.67. The molecule has 0 aromatic rings. The van der Waals surface area contributed by atoms with Crippen molar-refractivity contribution in [2.75, 3.05) is 13.2 Å². The summed E-state index contributed by atoms with van der Waals surface area (Å²) in [7, 11) is 0. The monoisotopic (exact) mass is 132 g/mol. The van der Waals surface area contributed by atoms with Gasteiger partial charge in [-0.15, -0.1) is 0 Å².